The zero-order valence-corrected chi connectivity index (χ0v) is 14.1. The van der Waals surface area contributed by atoms with E-state index in [2.05, 4.69) is 33.1 Å². The second-order valence-corrected chi connectivity index (χ2v) is 6.58. The van der Waals surface area contributed by atoms with Gasteiger partial charge in [-0.3, -0.25) is 5.43 Å². The van der Waals surface area contributed by atoms with Crippen LogP contribution >= 0.6 is 0 Å². The fourth-order valence-electron chi connectivity index (χ4n) is 3.35. The molecule has 3 aromatic rings. The maximum absolute atomic E-state index is 13.1. The second-order valence-electron chi connectivity index (χ2n) is 6.58. The molecule has 2 aromatic carbocycles. The summed E-state index contributed by atoms with van der Waals surface area (Å²) in [6.45, 7) is 3.81. The van der Waals surface area contributed by atoms with Gasteiger partial charge in [0, 0.05) is 19.0 Å². The Hall–Kier alpha value is -2.28. The Bertz CT molecular complexity index is 811. The van der Waals surface area contributed by atoms with Gasteiger partial charge in [-0.05, 0) is 36.8 Å². The van der Waals surface area contributed by atoms with Crippen LogP contribution in [0.5, 0.6) is 0 Å². The van der Waals surface area contributed by atoms with Gasteiger partial charge in [0.05, 0.1) is 23.1 Å². The zero-order valence-electron chi connectivity index (χ0n) is 14.1. The molecule has 5 nitrogen and oxygen atoms in total. The predicted octanol–water partition coefficient (Wildman–Crippen LogP) is 2.82. The standard InChI is InChI=1S/C19H22FN5/c1-12(19-23-16-4-2-3-5-17(16)24-19)21-10-14-11-22-25-18(14)13-6-8-15(20)9-7-13/h2-9,12,14,18,21-22,25H,10-11H2,1H3,(H,23,24). The number of halogens is 1. The number of para-hydroxylation sites is 2. The molecule has 0 aliphatic carbocycles. The van der Waals surface area contributed by atoms with Gasteiger partial charge in [-0.1, -0.05) is 24.3 Å². The SMILES string of the molecule is CC(NCC1CNNC1c1ccc(F)cc1)c1nc2ccccc2[nH]1. The van der Waals surface area contributed by atoms with Crippen LogP contribution in [0.15, 0.2) is 48.5 Å². The molecule has 3 unspecified atom stereocenters. The molecule has 0 spiro atoms. The van der Waals surface area contributed by atoms with Crippen LogP contribution in [-0.4, -0.2) is 23.1 Å². The molecule has 1 aromatic heterocycles. The molecule has 4 N–H and O–H groups in total. The first-order valence-corrected chi connectivity index (χ1v) is 8.62. The Morgan fingerprint density at radius 1 is 1.20 bits per heavy atom. The molecule has 1 fully saturated rings. The summed E-state index contributed by atoms with van der Waals surface area (Å²) in [4.78, 5) is 8.03. The van der Waals surface area contributed by atoms with E-state index < -0.39 is 0 Å². The Kier molecular flexibility index (Phi) is 4.48. The van der Waals surface area contributed by atoms with Crippen molar-refractivity contribution in [2.24, 2.45) is 5.92 Å². The molecule has 2 heterocycles. The molecule has 0 bridgehead atoms. The second kappa shape index (κ2) is 6.92. The van der Waals surface area contributed by atoms with Crippen LogP contribution < -0.4 is 16.2 Å². The quantitative estimate of drug-likeness (QED) is 0.577. The summed E-state index contributed by atoms with van der Waals surface area (Å²) in [5.41, 5.74) is 9.64. The lowest BCUT2D eigenvalue weighted by molar-refractivity contribution is 0.413. The maximum atomic E-state index is 13.1. The number of rotatable bonds is 5. The number of H-pyrrole nitrogens is 1. The highest BCUT2D eigenvalue weighted by Gasteiger charge is 2.28. The van der Waals surface area contributed by atoms with Gasteiger partial charge in [0.1, 0.15) is 11.6 Å². The average Bonchev–Trinajstić information content (AvgIpc) is 3.27. The summed E-state index contributed by atoms with van der Waals surface area (Å²) in [7, 11) is 0. The highest BCUT2D eigenvalue weighted by atomic mass is 19.1. The fourth-order valence-corrected chi connectivity index (χ4v) is 3.35. The van der Waals surface area contributed by atoms with Gasteiger partial charge in [0.25, 0.3) is 0 Å². The summed E-state index contributed by atoms with van der Waals surface area (Å²) >= 11 is 0. The van der Waals surface area contributed by atoms with Crippen LogP contribution in [0.25, 0.3) is 11.0 Å². The monoisotopic (exact) mass is 339 g/mol. The number of aromatic amines is 1. The Morgan fingerprint density at radius 2 is 2.00 bits per heavy atom. The lowest BCUT2D eigenvalue weighted by Gasteiger charge is -2.21. The molecule has 1 aliphatic heterocycles. The Labute approximate surface area is 146 Å². The third-order valence-corrected chi connectivity index (χ3v) is 4.83. The number of hydrazine groups is 1. The number of nitrogens with one attached hydrogen (secondary N) is 4. The van der Waals surface area contributed by atoms with E-state index in [0.29, 0.717) is 5.92 Å². The molecule has 1 saturated heterocycles. The van der Waals surface area contributed by atoms with Crippen molar-refractivity contribution in [3.63, 3.8) is 0 Å². The van der Waals surface area contributed by atoms with Gasteiger partial charge >= 0.3 is 0 Å². The first-order valence-electron chi connectivity index (χ1n) is 8.62. The number of hydrogen-bond donors (Lipinski definition) is 4. The molecule has 3 atom stereocenters. The summed E-state index contributed by atoms with van der Waals surface area (Å²) in [5.74, 6) is 1.11. The molecule has 0 radical (unpaired) electrons. The van der Waals surface area contributed by atoms with E-state index in [1.54, 1.807) is 0 Å². The van der Waals surface area contributed by atoms with Gasteiger partial charge < -0.3 is 10.3 Å². The molecule has 4 rings (SSSR count). The van der Waals surface area contributed by atoms with Crippen LogP contribution in [0.3, 0.4) is 0 Å². The van der Waals surface area contributed by atoms with Crippen molar-refractivity contribution < 1.29 is 4.39 Å². The van der Waals surface area contributed by atoms with Gasteiger partial charge in [-0.25, -0.2) is 14.8 Å². The highest BCUT2D eigenvalue weighted by Crippen LogP contribution is 2.25. The highest BCUT2D eigenvalue weighted by molar-refractivity contribution is 5.74. The third-order valence-electron chi connectivity index (χ3n) is 4.83. The minimum absolute atomic E-state index is 0.127. The van der Waals surface area contributed by atoms with Gasteiger partial charge in [-0.2, -0.15) is 0 Å². The van der Waals surface area contributed by atoms with Crippen molar-refractivity contribution in [3.8, 4) is 0 Å². The molecular formula is C19H22FN5. The van der Waals surface area contributed by atoms with E-state index in [1.165, 1.54) is 12.1 Å². The number of hydrogen-bond acceptors (Lipinski definition) is 4. The average molecular weight is 339 g/mol. The Balaban J connectivity index is 1.42. The van der Waals surface area contributed by atoms with E-state index in [-0.39, 0.29) is 17.9 Å². The van der Waals surface area contributed by atoms with Crippen LogP contribution in [0.1, 0.15) is 30.4 Å². The van der Waals surface area contributed by atoms with Gasteiger partial charge in [0.2, 0.25) is 0 Å². The van der Waals surface area contributed by atoms with E-state index in [4.69, 9.17) is 0 Å². The van der Waals surface area contributed by atoms with Crippen molar-refractivity contribution >= 4 is 11.0 Å². The van der Waals surface area contributed by atoms with Gasteiger partial charge in [-0.15, -0.1) is 0 Å². The smallest absolute Gasteiger partial charge is 0.124 e. The van der Waals surface area contributed by atoms with Crippen molar-refractivity contribution in [1.29, 1.82) is 0 Å². The van der Waals surface area contributed by atoms with Crippen LogP contribution in [0.4, 0.5) is 4.39 Å². The fraction of sp³-hybridized carbons (Fsp3) is 0.316. The summed E-state index contributed by atoms with van der Waals surface area (Å²) in [5, 5.41) is 3.57. The lowest BCUT2D eigenvalue weighted by Crippen LogP contribution is -2.30. The molecule has 130 valence electrons. The first kappa shape index (κ1) is 16.2. The topological polar surface area (TPSA) is 64.8 Å². The van der Waals surface area contributed by atoms with Crippen molar-refractivity contribution in [1.82, 2.24) is 26.1 Å². The molecule has 0 amide bonds. The van der Waals surface area contributed by atoms with Crippen LogP contribution in [-0.2, 0) is 0 Å². The first-order chi connectivity index (χ1) is 12.2. The van der Waals surface area contributed by atoms with Crippen molar-refractivity contribution in [3.05, 3.63) is 65.7 Å². The molecular weight excluding hydrogens is 317 g/mol. The largest absolute Gasteiger partial charge is 0.341 e. The number of imidazole rings is 1. The minimum Gasteiger partial charge on any atom is -0.341 e. The molecule has 1 aliphatic rings. The van der Waals surface area contributed by atoms with Crippen LogP contribution in [0.2, 0.25) is 0 Å². The van der Waals surface area contributed by atoms with E-state index in [1.807, 2.05) is 36.4 Å². The van der Waals surface area contributed by atoms with Crippen molar-refractivity contribution in [2.75, 3.05) is 13.1 Å². The normalized spacial score (nSPS) is 21.7. The maximum Gasteiger partial charge on any atom is 0.124 e. The molecule has 25 heavy (non-hydrogen) atoms. The van der Waals surface area contributed by atoms with E-state index in [0.717, 1.165) is 35.5 Å². The summed E-state index contributed by atoms with van der Waals surface area (Å²) in [6, 6.07) is 15.0. The number of benzene rings is 2. The molecule has 0 saturated carbocycles. The minimum atomic E-state index is -0.206. The van der Waals surface area contributed by atoms with E-state index in [9.17, 15) is 4.39 Å². The Morgan fingerprint density at radius 3 is 2.80 bits per heavy atom. The van der Waals surface area contributed by atoms with Gasteiger partial charge in [0.15, 0.2) is 0 Å². The molecule has 6 heteroatoms. The predicted molar refractivity (Wildman–Crippen MR) is 96.3 cm³/mol. The summed E-state index contributed by atoms with van der Waals surface area (Å²) in [6.07, 6.45) is 0. The van der Waals surface area contributed by atoms with Crippen molar-refractivity contribution in [2.45, 2.75) is 19.0 Å². The van der Waals surface area contributed by atoms with E-state index >= 15 is 0 Å². The number of fused-ring (bicyclic) bond motifs is 1. The number of aromatic nitrogens is 2. The zero-order chi connectivity index (χ0) is 17.2. The number of nitrogens with zero attached hydrogens (tertiary/aromatic N) is 1. The lowest BCUT2D eigenvalue weighted by atomic mass is 9.94. The third kappa shape index (κ3) is 3.42. The summed E-state index contributed by atoms with van der Waals surface area (Å²) < 4.78 is 13.1. The van der Waals surface area contributed by atoms with Crippen LogP contribution in [0, 0.1) is 11.7 Å².